The van der Waals surface area contributed by atoms with Gasteiger partial charge in [-0.1, -0.05) is 44.2 Å². The van der Waals surface area contributed by atoms with Gasteiger partial charge in [0.15, 0.2) is 0 Å². The Morgan fingerprint density at radius 1 is 0.960 bits per heavy atom. The van der Waals surface area contributed by atoms with E-state index in [4.69, 9.17) is 0 Å². The van der Waals surface area contributed by atoms with Crippen LogP contribution in [0, 0.1) is 11.3 Å². The molecule has 3 heteroatoms. The molecule has 3 heterocycles. The van der Waals surface area contributed by atoms with E-state index in [1.165, 1.54) is 24.2 Å². The average molecular weight is 336 g/mol. The van der Waals surface area contributed by atoms with Gasteiger partial charge < -0.3 is 10.0 Å². The molecule has 2 atom stereocenters. The number of piperidine rings is 1. The molecule has 0 aliphatic carbocycles. The minimum atomic E-state index is 0.298. The zero-order chi connectivity index (χ0) is 17.4. The van der Waals surface area contributed by atoms with Gasteiger partial charge in [0.25, 0.3) is 0 Å². The second-order valence-electron chi connectivity index (χ2n) is 8.42. The highest BCUT2D eigenvalue weighted by atomic mass is 16.3. The molecule has 3 nitrogen and oxygen atoms in total. The summed E-state index contributed by atoms with van der Waals surface area (Å²) in [6, 6.07) is 19.1. The third-order valence-electron chi connectivity index (χ3n) is 5.93. The van der Waals surface area contributed by atoms with Crippen molar-refractivity contribution in [3.8, 4) is 5.75 Å². The van der Waals surface area contributed by atoms with Gasteiger partial charge in [-0.15, -0.1) is 0 Å². The maximum absolute atomic E-state index is 9.62. The molecule has 3 saturated heterocycles. The number of hydrogen-bond donors (Lipinski definition) is 1. The summed E-state index contributed by atoms with van der Waals surface area (Å²) in [4.78, 5) is 5.22. The maximum atomic E-state index is 9.62. The second-order valence-corrected chi connectivity index (χ2v) is 8.42. The summed E-state index contributed by atoms with van der Waals surface area (Å²) in [5.41, 5.74) is 2.94. The molecule has 3 aliphatic rings. The number of nitrogens with zero attached hydrogens (tertiary/aromatic N) is 2. The largest absolute Gasteiger partial charge is 0.508 e. The van der Waals surface area contributed by atoms with Gasteiger partial charge in [0.05, 0.1) is 0 Å². The maximum Gasteiger partial charge on any atom is 0.115 e. The Balaban J connectivity index is 1.60. The number of rotatable bonds is 3. The highest BCUT2D eigenvalue weighted by molar-refractivity contribution is 5.51. The molecule has 2 aromatic rings. The fourth-order valence-corrected chi connectivity index (χ4v) is 4.82. The van der Waals surface area contributed by atoms with Crippen LogP contribution < -0.4 is 4.90 Å². The van der Waals surface area contributed by atoms with Crippen molar-refractivity contribution in [3.63, 3.8) is 0 Å². The summed E-state index contributed by atoms with van der Waals surface area (Å²) < 4.78 is 0. The average Bonchev–Trinajstić information content (AvgIpc) is 2.82. The highest BCUT2D eigenvalue weighted by Gasteiger charge is 2.45. The number of fused-ring (bicyclic) bond motifs is 4. The van der Waals surface area contributed by atoms with Crippen LogP contribution in [0.15, 0.2) is 54.6 Å². The van der Waals surface area contributed by atoms with Crippen molar-refractivity contribution in [3.05, 3.63) is 60.2 Å². The van der Waals surface area contributed by atoms with Gasteiger partial charge >= 0.3 is 0 Å². The topological polar surface area (TPSA) is 26.7 Å². The minimum absolute atomic E-state index is 0.298. The van der Waals surface area contributed by atoms with Gasteiger partial charge in [-0.2, -0.15) is 0 Å². The summed E-state index contributed by atoms with van der Waals surface area (Å²) in [5.74, 6) is 1.03. The van der Waals surface area contributed by atoms with Crippen molar-refractivity contribution in [1.82, 2.24) is 4.90 Å². The molecule has 2 bridgehead atoms. The molecule has 0 radical (unpaired) electrons. The van der Waals surface area contributed by atoms with E-state index in [9.17, 15) is 5.11 Å². The van der Waals surface area contributed by atoms with Crippen LogP contribution >= 0.6 is 0 Å². The molecule has 0 saturated carbocycles. The third-order valence-corrected chi connectivity index (χ3v) is 5.93. The molecule has 2 aromatic carbocycles. The Bertz CT molecular complexity index is 711. The first-order valence-electron chi connectivity index (χ1n) is 9.33. The second kappa shape index (κ2) is 6.38. The summed E-state index contributed by atoms with van der Waals surface area (Å²) in [6.45, 7) is 9.26. The van der Waals surface area contributed by atoms with Gasteiger partial charge in [0, 0.05) is 37.9 Å². The Hall–Kier alpha value is -2.00. The minimum Gasteiger partial charge on any atom is -0.508 e. The fourth-order valence-electron chi connectivity index (χ4n) is 4.82. The van der Waals surface area contributed by atoms with Crippen molar-refractivity contribution in [2.45, 2.75) is 32.9 Å². The van der Waals surface area contributed by atoms with Crippen LogP contribution in [0.25, 0.3) is 0 Å². The van der Waals surface area contributed by atoms with Crippen LogP contribution in [-0.4, -0.2) is 35.7 Å². The SMILES string of the molecule is CC1(C)C[C@@H]2CN(Cc3ccccc3)C[C@H]1N(c1ccc(O)cc1)C2. The van der Waals surface area contributed by atoms with E-state index in [0.717, 1.165) is 19.6 Å². The lowest BCUT2D eigenvalue weighted by Crippen LogP contribution is -2.53. The number of aromatic hydroxyl groups is 1. The summed E-state index contributed by atoms with van der Waals surface area (Å²) in [5, 5.41) is 9.62. The molecule has 0 amide bonds. The number of hydrogen-bond acceptors (Lipinski definition) is 3. The Morgan fingerprint density at radius 2 is 1.68 bits per heavy atom. The Labute approximate surface area is 150 Å². The zero-order valence-electron chi connectivity index (χ0n) is 15.2. The lowest BCUT2D eigenvalue weighted by atomic mass is 9.73. The van der Waals surface area contributed by atoms with E-state index in [1.807, 2.05) is 12.1 Å². The van der Waals surface area contributed by atoms with Crippen molar-refractivity contribution >= 4 is 5.69 Å². The zero-order valence-corrected chi connectivity index (χ0v) is 15.2. The van der Waals surface area contributed by atoms with Crippen molar-refractivity contribution in [2.24, 2.45) is 11.3 Å². The molecule has 3 fully saturated rings. The normalized spacial score (nSPS) is 25.8. The predicted molar refractivity (Wildman–Crippen MR) is 103 cm³/mol. The fraction of sp³-hybridized carbons (Fsp3) is 0.455. The number of anilines is 1. The van der Waals surface area contributed by atoms with Gasteiger partial charge in [-0.05, 0) is 47.6 Å². The molecule has 1 N–H and O–H groups in total. The number of benzene rings is 2. The summed E-state index contributed by atoms with van der Waals surface area (Å²) >= 11 is 0. The molecule has 25 heavy (non-hydrogen) atoms. The quantitative estimate of drug-likeness (QED) is 0.913. The smallest absolute Gasteiger partial charge is 0.115 e. The van der Waals surface area contributed by atoms with E-state index >= 15 is 0 Å². The first-order valence-corrected chi connectivity index (χ1v) is 9.33. The monoisotopic (exact) mass is 336 g/mol. The van der Waals surface area contributed by atoms with Crippen LogP contribution in [0.4, 0.5) is 5.69 Å². The molecule has 132 valence electrons. The lowest BCUT2D eigenvalue weighted by Gasteiger charge is -2.48. The lowest BCUT2D eigenvalue weighted by molar-refractivity contribution is 0.190. The first kappa shape index (κ1) is 16.5. The van der Waals surface area contributed by atoms with E-state index in [2.05, 4.69) is 66.1 Å². The standard InChI is InChI=1S/C22H28N2O/c1-22(2)12-18-14-23(13-17-6-4-3-5-7-17)16-21(22)24(15-18)19-8-10-20(25)11-9-19/h3-11,18,21,25H,12-16H2,1-2H3/t18-,21-/m1/s1. The van der Waals surface area contributed by atoms with Crippen LogP contribution in [0.3, 0.4) is 0 Å². The molecule has 0 spiro atoms. The predicted octanol–water partition coefficient (Wildman–Crippen LogP) is 4.13. The van der Waals surface area contributed by atoms with E-state index in [1.54, 1.807) is 0 Å². The van der Waals surface area contributed by atoms with E-state index in [0.29, 0.717) is 23.1 Å². The van der Waals surface area contributed by atoms with E-state index < -0.39 is 0 Å². The summed E-state index contributed by atoms with van der Waals surface area (Å²) in [7, 11) is 0. The first-order chi connectivity index (χ1) is 12.0. The van der Waals surface area contributed by atoms with Crippen molar-refractivity contribution < 1.29 is 5.11 Å². The molecule has 0 aromatic heterocycles. The number of phenolic OH excluding ortho intramolecular Hbond substituents is 1. The highest BCUT2D eigenvalue weighted by Crippen LogP contribution is 2.43. The van der Waals surface area contributed by atoms with Crippen molar-refractivity contribution in [1.29, 1.82) is 0 Å². The van der Waals surface area contributed by atoms with Gasteiger partial charge in [0.1, 0.15) is 5.75 Å². The van der Waals surface area contributed by atoms with E-state index in [-0.39, 0.29) is 0 Å². The van der Waals surface area contributed by atoms with Crippen LogP contribution in [0.1, 0.15) is 25.8 Å². The molecular weight excluding hydrogens is 308 g/mol. The molecule has 5 rings (SSSR count). The van der Waals surface area contributed by atoms with Gasteiger partial charge in [-0.3, -0.25) is 4.90 Å². The molecular formula is C22H28N2O. The third kappa shape index (κ3) is 3.38. The summed E-state index contributed by atoms with van der Waals surface area (Å²) in [6.07, 6.45) is 1.29. The van der Waals surface area contributed by atoms with Gasteiger partial charge in [-0.25, -0.2) is 0 Å². The van der Waals surface area contributed by atoms with Crippen LogP contribution in [0.2, 0.25) is 0 Å². The Kier molecular flexibility index (Phi) is 4.20. The number of phenols is 1. The van der Waals surface area contributed by atoms with Gasteiger partial charge in [0.2, 0.25) is 0 Å². The molecule has 3 aliphatic heterocycles. The van der Waals surface area contributed by atoms with Crippen LogP contribution in [0.5, 0.6) is 5.75 Å². The Morgan fingerprint density at radius 3 is 2.40 bits per heavy atom. The van der Waals surface area contributed by atoms with Crippen molar-refractivity contribution in [2.75, 3.05) is 24.5 Å². The van der Waals surface area contributed by atoms with Crippen LogP contribution in [-0.2, 0) is 6.54 Å². The molecule has 0 unspecified atom stereocenters.